The van der Waals surface area contributed by atoms with E-state index in [9.17, 15) is 13.2 Å². The first kappa shape index (κ1) is 18.6. The van der Waals surface area contributed by atoms with Gasteiger partial charge in [-0.1, -0.05) is 13.8 Å². The number of thiophene rings is 1. The van der Waals surface area contributed by atoms with E-state index < -0.39 is 10.0 Å². The fourth-order valence-corrected chi connectivity index (χ4v) is 4.69. The van der Waals surface area contributed by atoms with Crippen LogP contribution in [0.5, 0.6) is 0 Å². The van der Waals surface area contributed by atoms with Crippen LogP contribution in [-0.2, 0) is 14.8 Å². The molecule has 1 amide bonds. The second-order valence-corrected chi connectivity index (χ2v) is 9.78. The molecule has 8 heteroatoms. The summed E-state index contributed by atoms with van der Waals surface area (Å²) in [5, 5.41) is 2.79. The molecule has 2 N–H and O–H groups in total. The highest BCUT2D eigenvalue weighted by Crippen LogP contribution is 2.25. The first-order valence-electron chi connectivity index (χ1n) is 6.75. The Balaban J connectivity index is 2.42. The van der Waals surface area contributed by atoms with Crippen molar-refractivity contribution >= 4 is 43.2 Å². The molecule has 0 saturated carbocycles. The van der Waals surface area contributed by atoms with Crippen LogP contribution in [0, 0.1) is 5.92 Å². The molecule has 1 unspecified atom stereocenters. The summed E-state index contributed by atoms with van der Waals surface area (Å²) in [7, 11) is -3.62. The Kier molecular flexibility index (Phi) is 7.32. The van der Waals surface area contributed by atoms with Crippen molar-refractivity contribution in [2.24, 2.45) is 5.92 Å². The maximum Gasteiger partial charge on any atom is 0.250 e. The van der Waals surface area contributed by atoms with Gasteiger partial charge in [-0.15, -0.1) is 11.3 Å². The van der Waals surface area contributed by atoms with Gasteiger partial charge in [-0.25, -0.2) is 13.1 Å². The average molecular weight is 397 g/mol. The van der Waals surface area contributed by atoms with Gasteiger partial charge in [-0.05, 0) is 53.7 Å². The summed E-state index contributed by atoms with van der Waals surface area (Å²) in [6.07, 6.45) is 1.91. The average Bonchev–Trinajstić information content (AvgIpc) is 2.82. The Morgan fingerprint density at radius 1 is 1.29 bits per heavy atom. The fourth-order valence-electron chi connectivity index (χ4n) is 1.66. The Labute approximate surface area is 138 Å². The first-order valence-corrected chi connectivity index (χ1v) is 9.84. The van der Waals surface area contributed by atoms with Crippen molar-refractivity contribution in [3.63, 3.8) is 0 Å². The molecule has 0 saturated heterocycles. The zero-order valence-electron chi connectivity index (χ0n) is 12.3. The minimum Gasteiger partial charge on any atom is -0.353 e. The number of sulfonamides is 1. The van der Waals surface area contributed by atoms with E-state index in [0.717, 1.165) is 28.0 Å². The Morgan fingerprint density at radius 3 is 2.48 bits per heavy atom. The van der Waals surface area contributed by atoms with Crippen molar-refractivity contribution in [3.05, 3.63) is 15.9 Å². The summed E-state index contributed by atoms with van der Waals surface area (Å²) in [4.78, 5) is 11.7. The summed E-state index contributed by atoms with van der Waals surface area (Å²) in [6.45, 7) is 5.93. The molecule has 1 aromatic rings. The maximum absolute atomic E-state index is 11.9. The smallest absolute Gasteiger partial charge is 0.250 e. The number of carbonyl (C=O) groups excluding carboxylic acids is 1. The number of halogens is 1. The summed E-state index contributed by atoms with van der Waals surface area (Å²) in [6, 6.07) is 3.20. The number of nitrogens with one attached hydrogen (secondary N) is 2. The number of hydrogen-bond acceptors (Lipinski definition) is 4. The fraction of sp³-hybridized carbons (Fsp3) is 0.615. The lowest BCUT2D eigenvalue weighted by Gasteiger charge is -2.15. The topological polar surface area (TPSA) is 75.3 Å². The third kappa shape index (κ3) is 6.90. The van der Waals surface area contributed by atoms with E-state index in [4.69, 9.17) is 0 Å². The van der Waals surface area contributed by atoms with Crippen LogP contribution < -0.4 is 10.0 Å². The molecule has 0 spiro atoms. The van der Waals surface area contributed by atoms with Crippen LogP contribution in [0.1, 0.15) is 33.6 Å². The molecule has 1 heterocycles. The van der Waals surface area contributed by atoms with Gasteiger partial charge in [0.25, 0.3) is 10.0 Å². The second-order valence-electron chi connectivity index (χ2n) is 5.32. The van der Waals surface area contributed by atoms with E-state index >= 15 is 0 Å². The lowest BCUT2D eigenvalue weighted by Crippen LogP contribution is -2.40. The van der Waals surface area contributed by atoms with Crippen molar-refractivity contribution in [1.82, 2.24) is 10.0 Å². The number of rotatable bonds is 8. The molecule has 1 rings (SSSR count). The lowest BCUT2D eigenvalue weighted by molar-refractivity contribution is -0.120. The van der Waals surface area contributed by atoms with Gasteiger partial charge in [0.1, 0.15) is 4.21 Å². The molecule has 0 aliphatic heterocycles. The first-order chi connectivity index (χ1) is 9.70. The SMILES string of the molecule is CC(C)CCC(C)NC(=O)CNS(=O)(=O)c1ccc(Br)s1. The lowest BCUT2D eigenvalue weighted by atomic mass is 10.0. The van der Waals surface area contributed by atoms with E-state index in [0.29, 0.717) is 5.92 Å². The van der Waals surface area contributed by atoms with Crippen LogP contribution in [-0.4, -0.2) is 26.9 Å². The van der Waals surface area contributed by atoms with E-state index in [1.807, 2.05) is 6.92 Å². The third-order valence-corrected chi connectivity index (χ3v) is 6.34. The van der Waals surface area contributed by atoms with Gasteiger partial charge in [0.2, 0.25) is 5.91 Å². The highest BCUT2D eigenvalue weighted by atomic mass is 79.9. The van der Waals surface area contributed by atoms with Crippen molar-refractivity contribution in [2.75, 3.05) is 6.54 Å². The molecule has 0 fully saturated rings. The molecule has 0 aliphatic rings. The Hall–Kier alpha value is -0.440. The summed E-state index contributed by atoms with van der Waals surface area (Å²) >= 11 is 4.32. The Bertz CT molecular complexity index is 570. The van der Waals surface area contributed by atoms with Crippen molar-refractivity contribution in [3.8, 4) is 0 Å². The molecule has 0 aliphatic carbocycles. The van der Waals surface area contributed by atoms with Crippen molar-refractivity contribution in [1.29, 1.82) is 0 Å². The van der Waals surface area contributed by atoms with Crippen LogP contribution in [0.3, 0.4) is 0 Å². The zero-order valence-corrected chi connectivity index (χ0v) is 15.6. The Morgan fingerprint density at radius 2 is 1.95 bits per heavy atom. The van der Waals surface area contributed by atoms with Gasteiger partial charge in [-0.2, -0.15) is 0 Å². The molecule has 1 aromatic heterocycles. The van der Waals surface area contributed by atoms with Gasteiger partial charge in [0, 0.05) is 6.04 Å². The number of amides is 1. The van der Waals surface area contributed by atoms with Crippen molar-refractivity contribution < 1.29 is 13.2 Å². The quantitative estimate of drug-likeness (QED) is 0.708. The highest BCUT2D eigenvalue weighted by Gasteiger charge is 2.18. The van der Waals surface area contributed by atoms with Gasteiger partial charge in [0.05, 0.1) is 10.3 Å². The van der Waals surface area contributed by atoms with Crippen LogP contribution in [0.25, 0.3) is 0 Å². The molecule has 120 valence electrons. The minimum absolute atomic E-state index is 0.0419. The van der Waals surface area contributed by atoms with E-state index in [1.54, 1.807) is 6.07 Å². The highest BCUT2D eigenvalue weighted by molar-refractivity contribution is 9.11. The van der Waals surface area contributed by atoms with Crippen LogP contribution in [0.15, 0.2) is 20.1 Å². The number of hydrogen-bond donors (Lipinski definition) is 2. The summed E-state index contributed by atoms with van der Waals surface area (Å²) < 4.78 is 27.1. The molecule has 21 heavy (non-hydrogen) atoms. The maximum atomic E-state index is 11.9. The minimum atomic E-state index is -3.62. The van der Waals surface area contributed by atoms with Gasteiger partial charge in [0.15, 0.2) is 0 Å². The normalized spacial score (nSPS) is 13.4. The predicted octanol–water partition coefficient (Wildman–Crippen LogP) is 2.73. The van der Waals surface area contributed by atoms with Crippen LogP contribution in [0.4, 0.5) is 0 Å². The van der Waals surface area contributed by atoms with E-state index in [2.05, 4.69) is 39.8 Å². The zero-order chi connectivity index (χ0) is 16.0. The monoisotopic (exact) mass is 396 g/mol. The number of carbonyl (C=O) groups is 1. The van der Waals surface area contributed by atoms with Gasteiger partial charge < -0.3 is 5.32 Å². The van der Waals surface area contributed by atoms with Gasteiger partial charge >= 0.3 is 0 Å². The molecule has 1 atom stereocenters. The predicted molar refractivity (Wildman–Crippen MR) is 88.9 cm³/mol. The van der Waals surface area contributed by atoms with E-state index in [1.165, 1.54) is 6.07 Å². The van der Waals surface area contributed by atoms with Gasteiger partial charge in [-0.3, -0.25) is 4.79 Å². The molecule has 5 nitrogen and oxygen atoms in total. The molecule has 0 radical (unpaired) electrons. The molecule has 0 aromatic carbocycles. The van der Waals surface area contributed by atoms with Crippen LogP contribution in [0.2, 0.25) is 0 Å². The van der Waals surface area contributed by atoms with E-state index in [-0.39, 0.29) is 22.7 Å². The van der Waals surface area contributed by atoms with Crippen LogP contribution >= 0.6 is 27.3 Å². The second kappa shape index (κ2) is 8.26. The summed E-state index contributed by atoms with van der Waals surface area (Å²) in [5.74, 6) is 0.269. The summed E-state index contributed by atoms with van der Waals surface area (Å²) in [5.41, 5.74) is 0. The third-order valence-electron chi connectivity index (χ3n) is 2.82. The molecular formula is C13H21BrN2O3S2. The standard InChI is InChI=1S/C13H21BrN2O3S2/c1-9(2)4-5-10(3)16-12(17)8-15-21(18,19)13-7-6-11(14)20-13/h6-7,9-10,15H,4-5,8H2,1-3H3,(H,16,17). The molecule has 0 bridgehead atoms. The largest absolute Gasteiger partial charge is 0.353 e. The van der Waals surface area contributed by atoms with Crippen molar-refractivity contribution in [2.45, 2.75) is 43.9 Å². The molecular weight excluding hydrogens is 376 g/mol.